The molecule has 1 aromatic carbocycles. The molecule has 0 bridgehead atoms. The van der Waals surface area contributed by atoms with Gasteiger partial charge < -0.3 is 19.7 Å². The van der Waals surface area contributed by atoms with Crippen molar-refractivity contribution in [1.29, 1.82) is 0 Å². The largest absolute Gasteiger partial charge is 0.507 e. The topological polar surface area (TPSA) is 83.0 Å². The van der Waals surface area contributed by atoms with E-state index in [-0.39, 0.29) is 5.75 Å². The van der Waals surface area contributed by atoms with Crippen LogP contribution in [0.25, 0.3) is 11.0 Å². The summed E-state index contributed by atoms with van der Waals surface area (Å²) in [7, 11) is 0. The van der Waals surface area contributed by atoms with Crippen molar-refractivity contribution in [3.8, 4) is 5.75 Å². The Balaban J connectivity index is 2.25. The van der Waals surface area contributed by atoms with Gasteiger partial charge >= 0.3 is 0 Å². The number of nitrogens with one attached hydrogen (secondary N) is 1. The van der Waals surface area contributed by atoms with Crippen molar-refractivity contribution in [1.82, 2.24) is 9.97 Å². The molecule has 1 unspecified atom stereocenters. The van der Waals surface area contributed by atoms with E-state index in [0.717, 1.165) is 5.56 Å². The first-order valence-electron chi connectivity index (χ1n) is 6.86. The van der Waals surface area contributed by atoms with E-state index in [1.807, 2.05) is 30.3 Å². The number of pyridine rings is 1. The lowest BCUT2D eigenvalue weighted by Crippen LogP contribution is -2.17. The predicted molar refractivity (Wildman–Crippen MR) is 81.7 cm³/mol. The average Bonchev–Trinajstić information content (AvgIpc) is 2.98. The first-order chi connectivity index (χ1) is 10.8. The highest BCUT2D eigenvalue weighted by molar-refractivity contribution is 5.89. The van der Waals surface area contributed by atoms with Gasteiger partial charge in [-0.25, -0.2) is 4.98 Å². The van der Waals surface area contributed by atoms with Gasteiger partial charge in [-0.05, 0) is 17.2 Å². The van der Waals surface area contributed by atoms with Crippen molar-refractivity contribution < 1.29 is 14.7 Å². The Hall–Kier alpha value is -2.95. The molecule has 3 rings (SSSR count). The van der Waals surface area contributed by atoms with Crippen LogP contribution in [-0.4, -0.2) is 27.6 Å². The summed E-state index contributed by atoms with van der Waals surface area (Å²) in [6, 6.07) is 10.8. The molecule has 3 aromatic rings. The number of hydrogen-bond donors (Lipinski definition) is 2. The maximum atomic E-state index is 11.3. The van der Waals surface area contributed by atoms with E-state index in [1.165, 1.54) is 12.3 Å². The highest BCUT2D eigenvalue weighted by Crippen LogP contribution is 2.37. The van der Waals surface area contributed by atoms with E-state index in [0.29, 0.717) is 29.2 Å². The van der Waals surface area contributed by atoms with Crippen molar-refractivity contribution in [2.24, 2.45) is 5.92 Å². The third-order valence-electron chi connectivity index (χ3n) is 3.77. The molecule has 0 fully saturated rings. The monoisotopic (exact) mass is 294 g/mol. The van der Waals surface area contributed by atoms with Crippen LogP contribution in [0.5, 0.6) is 5.75 Å². The van der Waals surface area contributed by atoms with Crippen LogP contribution in [-0.2, 0) is 9.59 Å². The molecule has 0 saturated heterocycles. The first-order valence-corrected chi connectivity index (χ1v) is 6.86. The second-order valence-corrected chi connectivity index (χ2v) is 5.04. The summed E-state index contributed by atoms with van der Waals surface area (Å²) >= 11 is 0. The molecule has 5 nitrogen and oxygen atoms in total. The Bertz CT molecular complexity index is 803. The van der Waals surface area contributed by atoms with Crippen molar-refractivity contribution in [2.75, 3.05) is 0 Å². The lowest BCUT2D eigenvalue weighted by molar-refractivity contribution is -0.119. The van der Waals surface area contributed by atoms with E-state index >= 15 is 0 Å². The van der Waals surface area contributed by atoms with Gasteiger partial charge in [-0.15, -0.1) is 0 Å². The number of aromatic nitrogens is 2. The van der Waals surface area contributed by atoms with Gasteiger partial charge in [0.1, 0.15) is 24.0 Å². The van der Waals surface area contributed by atoms with Crippen LogP contribution >= 0.6 is 0 Å². The fourth-order valence-electron chi connectivity index (χ4n) is 2.77. The quantitative estimate of drug-likeness (QED) is 0.559. The van der Waals surface area contributed by atoms with Crippen molar-refractivity contribution in [3.05, 3.63) is 59.9 Å². The maximum Gasteiger partial charge on any atom is 0.141 e. The van der Waals surface area contributed by atoms with Gasteiger partial charge in [0.05, 0.1) is 11.3 Å². The smallest absolute Gasteiger partial charge is 0.141 e. The number of aromatic amines is 1. The zero-order valence-corrected chi connectivity index (χ0v) is 11.6. The lowest BCUT2D eigenvalue weighted by atomic mass is 9.82. The molecule has 0 aliphatic rings. The number of benzene rings is 1. The van der Waals surface area contributed by atoms with E-state index in [9.17, 15) is 14.7 Å². The van der Waals surface area contributed by atoms with Gasteiger partial charge in [0.2, 0.25) is 0 Å². The summed E-state index contributed by atoms with van der Waals surface area (Å²) in [6.07, 6.45) is 4.45. The van der Waals surface area contributed by atoms with Gasteiger partial charge in [-0.1, -0.05) is 30.3 Å². The Labute approximate surface area is 126 Å². The van der Waals surface area contributed by atoms with E-state index in [2.05, 4.69) is 9.97 Å². The van der Waals surface area contributed by atoms with E-state index in [1.54, 1.807) is 6.20 Å². The van der Waals surface area contributed by atoms with Crippen LogP contribution in [0.3, 0.4) is 0 Å². The third-order valence-corrected chi connectivity index (χ3v) is 3.77. The zero-order chi connectivity index (χ0) is 15.5. The molecular weight excluding hydrogens is 280 g/mol. The summed E-state index contributed by atoms with van der Waals surface area (Å²) in [4.78, 5) is 29.8. The van der Waals surface area contributed by atoms with Crippen LogP contribution in [0.1, 0.15) is 17.0 Å². The molecule has 2 N–H and O–H groups in total. The molecule has 0 aliphatic carbocycles. The minimum atomic E-state index is -0.832. The fraction of sp³-hybridized carbons (Fsp3) is 0.118. The second-order valence-electron chi connectivity index (χ2n) is 5.04. The number of aromatic hydroxyl groups is 1. The Morgan fingerprint density at radius 3 is 2.50 bits per heavy atom. The summed E-state index contributed by atoms with van der Waals surface area (Å²) in [5, 5.41) is 10.7. The molecule has 0 saturated carbocycles. The van der Waals surface area contributed by atoms with Crippen molar-refractivity contribution >= 4 is 23.6 Å². The van der Waals surface area contributed by atoms with E-state index in [4.69, 9.17) is 0 Å². The van der Waals surface area contributed by atoms with Crippen LogP contribution < -0.4 is 0 Å². The molecule has 0 amide bonds. The maximum absolute atomic E-state index is 11.3. The molecule has 110 valence electrons. The molecule has 2 heterocycles. The minimum Gasteiger partial charge on any atom is -0.507 e. The first kappa shape index (κ1) is 14.0. The molecule has 5 heteroatoms. The molecular formula is C17H14N2O3. The number of nitrogens with zero attached hydrogens (tertiary/aromatic N) is 1. The van der Waals surface area contributed by atoms with Crippen LogP contribution in [0, 0.1) is 5.92 Å². The average molecular weight is 294 g/mol. The summed E-state index contributed by atoms with van der Waals surface area (Å²) in [6.45, 7) is 0. The Morgan fingerprint density at radius 2 is 1.82 bits per heavy atom. The molecule has 1 atom stereocenters. The van der Waals surface area contributed by atoms with Gasteiger partial charge in [-0.3, -0.25) is 0 Å². The second kappa shape index (κ2) is 5.81. The summed E-state index contributed by atoms with van der Waals surface area (Å²) in [5.41, 5.74) is 2.03. The van der Waals surface area contributed by atoms with Gasteiger partial charge in [-0.2, -0.15) is 0 Å². The molecule has 0 spiro atoms. The standard InChI is InChI=1S/C17H14N2O3/c20-9-12(10-21)15(11-4-2-1-3-5-11)13-8-19-17-16(13)14(22)6-7-18-17/h1-10,12,15H,(H2,18,19,22). The summed E-state index contributed by atoms with van der Waals surface area (Å²) in [5.74, 6) is -1.24. The summed E-state index contributed by atoms with van der Waals surface area (Å²) < 4.78 is 0. The highest BCUT2D eigenvalue weighted by atomic mass is 16.3. The number of H-pyrrole nitrogens is 1. The van der Waals surface area contributed by atoms with Crippen LogP contribution in [0.15, 0.2) is 48.8 Å². The predicted octanol–water partition coefficient (Wildman–Crippen LogP) is 2.41. The van der Waals surface area contributed by atoms with Gasteiger partial charge in [0, 0.05) is 18.3 Å². The van der Waals surface area contributed by atoms with Gasteiger partial charge in [0.15, 0.2) is 0 Å². The molecule has 22 heavy (non-hydrogen) atoms. The Kier molecular flexibility index (Phi) is 3.70. The number of carbonyl (C=O) groups excluding carboxylic acids is 2. The normalized spacial score (nSPS) is 12.4. The number of fused-ring (bicyclic) bond motifs is 1. The van der Waals surface area contributed by atoms with Crippen molar-refractivity contribution in [2.45, 2.75) is 5.92 Å². The van der Waals surface area contributed by atoms with E-state index < -0.39 is 11.8 Å². The van der Waals surface area contributed by atoms with Crippen molar-refractivity contribution in [3.63, 3.8) is 0 Å². The minimum absolute atomic E-state index is 0.0673. The molecule has 0 aliphatic heterocycles. The number of aldehydes is 2. The van der Waals surface area contributed by atoms with Crippen LogP contribution in [0.4, 0.5) is 0 Å². The third kappa shape index (κ3) is 2.26. The number of rotatable bonds is 5. The Morgan fingerprint density at radius 1 is 1.09 bits per heavy atom. The van der Waals surface area contributed by atoms with Gasteiger partial charge in [0.25, 0.3) is 0 Å². The SMILES string of the molecule is O=CC(C=O)C(c1ccccc1)c1c[nH]c2nccc(O)c12. The van der Waals surface area contributed by atoms with Crippen LogP contribution in [0.2, 0.25) is 0 Å². The molecule has 2 aromatic heterocycles. The zero-order valence-electron chi connectivity index (χ0n) is 11.6. The molecule has 0 radical (unpaired) electrons. The number of hydrogen-bond acceptors (Lipinski definition) is 4. The number of carbonyl (C=O) groups is 2. The lowest BCUT2D eigenvalue weighted by Gasteiger charge is -2.19. The fourth-order valence-corrected chi connectivity index (χ4v) is 2.77. The highest BCUT2D eigenvalue weighted by Gasteiger charge is 2.28.